The molecule has 1 nitrogen and oxygen atoms in total. The Bertz CT molecular complexity index is 1610. The van der Waals surface area contributed by atoms with Crippen LogP contribution in [0, 0.1) is 34.6 Å². The minimum absolute atomic E-state index is 0. The number of halogens is 2. The monoisotopic (exact) mass is 703 g/mol. The first-order chi connectivity index (χ1) is 20.6. The molecule has 0 spiro atoms. The molecule has 0 fully saturated rings. The second-order valence-electron chi connectivity index (χ2n) is 13.3. The van der Waals surface area contributed by atoms with Crippen LogP contribution in [-0.4, -0.2) is 17.0 Å². The molecule has 0 saturated carbocycles. The fourth-order valence-electron chi connectivity index (χ4n) is 5.08. The van der Waals surface area contributed by atoms with Gasteiger partial charge in [0.15, 0.2) is 0 Å². The fraction of sp³-hybridized carbons (Fsp3) is 0.268. The Hall–Kier alpha value is -2.59. The molecule has 5 aromatic rings. The van der Waals surface area contributed by atoms with Gasteiger partial charge in [-0.15, -0.1) is 0 Å². The Morgan fingerprint density at radius 3 is 1.50 bits per heavy atom. The summed E-state index contributed by atoms with van der Waals surface area (Å²) in [5.74, 6) is 0.404. The molecule has 242 valence electrons. The van der Waals surface area contributed by atoms with Crippen LogP contribution in [-0.2, 0) is 20.0 Å². The zero-order valence-corrected chi connectivity index (χ0v) is 33.2. The van der Waals surface area contributed by atoms with Crippen LogP contribution in [0.4, 0.5) is 0 Å². The summed E-state index contributed by atoms with van der Waals surface area (Å²) in [6, 6.07) is 37.6. The second-order valence-corrected chi connectivity index (χ2v) is 19.4. The van der Waals surface area contributed by atoms with Crippen LogP contribution < -0.4 is 30.0 Å². The summed E-state index contributed by atoms with van der Waals surface area (Å²) in [5.41, 5.74) is 11.6. The summed E-state index contributed by atoms with van der Waals surface area (Å²) in [6.45, 7) is 22.5. The molecule has 1 N–H and O–H groups in total. The number of aromatic hydroxyl groups is 1. The van der Waals surface area contributed by atoms with Gasteiger partial charge in [0.25, 0.3) is 0 Å². The van der Waals surface area contributed by atoms with Gasteiger partial charge in [-0.1, -0.05) is 98.0 Å². The predicted octanol–water partition coefficient (Wildman–Crippen LogP) is 4.53. The predicted molar refractivity (Wildman–Crippen MR) is 192 cm³/mol. The van der Waals surface area contributed by atoms with Crippen molar-refractivity contribution in [3.63, 3.8) is 0 Å². The van der Waals surface area contributed by atoms with E-state index >= 15 is 0 Å². The molecule has 5 rings (SSSR count). The van der Waals surface area contributed by atoms with Gasteiger partial charge < -0.3 is 29.9 Å². The van der Waals surface area contributed by atoms with Crippen molar-refractivity contribution in [1.82, 2.24) is 0 Å². The van der Waals surface area contributed by atoms with Crippen LogP contribution in [0.2, 0.25) is 18.1 Å². The maximum atomic E-state index is 10.6. The van der Waals surface area contributed by atoms with E-state index in [1.165, 1.54) is 42.4 Å². The van der Waals surface area contributed by atoms with Crippen molar-refractivity contribution in [2.24, 2.45) is 0 Å². The van der Waals surface area contributed by atoms with E-state index in [1.807, 2.05) is 36.4 Å². The third-order valence-corrected chi connectivity index (χ3v) is 15.6. The molecule has 0 atom stereocenters. The minimum atomic E-state index is -1.73. The summed E-state index contributed by atoms with van der Waals surface area (Å²) in [6.07, 6.45) is 0. The van der Waals surface area contributed by atoms with Crippen LogP contribution in [0.5, 0.6) is 5.75 Å². The fourth-order valence-corrected chi connectivity index (χ4v) is 7.90. The topological polar surface area (TPSA) is 20.2 Å². The molecule has 0 amide bonds. The number of hydrogen-bond donors (Lipinski definition) is 1. The molecule has 0 bridgehead atoms. The van der Waals surface area contributed by atoms with Crippen LogP contribution >= 0.6 is 0 Å². The maximum absolute atomic E-state index is 10.6. The first-order valence-corrected chi connectivity index (χ1v) is 19.2. The van der Waals surface area contributed by atoms with Crippen molar-refractivity contribution in [3.8, 4) is 16.9 Å². The average molecular weight is 705 g/mol. The summed E-state index contributed by atoms with van der Waals surface area (Å²) >= 11 is 2.16. The summed E-state index contributed by atoms with van der Waals surface area (Å²) in [4.78, 5) is 0. The van der Waals surface area contributed by atoms with Crippen molar-refractivity contribution in [2.75, 3.05) is 0 Å². The number of benzene rings is 4. The van der Waals surface area contributed by atoms with Gasteiger partial charge in [-0.2, -0.15) is 28.3 Å². The third-order valence-electron chi connectivity index (χ3n) is 9.18. The Kier molecular flexibility index (Phi) is 16.3. The first-order valence-electron chi connectivity index (χ1n) is 15.4. The van der Waals surface area contributed by atoms with E-state index in [9.17, 15) is 5.11 Å². The number of rotatable bonds is 4. The normalized spacial score (nSPS) is 10.7. The summed E-state index contributed by atoms with van der Waals surface area (Å²) < 4.78 is 1.33. The van der Waals surface area contributed by atoms with E-state index in [4.69, 9.17) is 0 Å². The number of phenols is 1. The van der Waals surface area contributed by atoms with Gasteiger partial charge in [-0.25, -0.2) is 0 Å². The van der Waals surface area contributed by atoms with E-state index < -0.39 is 8.07 Å². The van der Waals surface area contributed by atoms with Crippen LogP contribution in [0.15, 0.2) is 109 Å². The average Bonchev–Trinajstić information content (AvgIpc) is 3.22. The Morgan fingerprint density at radius 1 is 0.717 bits per heavy atom. The zero-order valence-electron chi connectivity index (χ0n) is 29.1. The van der Waals surface area contributed by atoms with Gasteiger partial charge >= 0.3 is 95.6 Å². The van der Waals surface area contributed by atoms with Gasteiger partial charge in [-0.05, 0) is 34.3 Å². The van der Waals surface area contributed by atoms with Crippen molar-refractivity contribution in [1.29, 1.82) is 0 Å². The van der Waals surface area contributed by atoms with Crippen LogP contribution in [0.1, 0.15) is 59.7 Å². The molecule has 0 aliphatic rings. The molecule has 0 aliphatic carbocycles. The van der Waals surface area contributed by atoms with E-state index in [-0.39, 0.29) is 29.9 Å². The summed E-state index contributed by atoms with van der Waals surface area (Å²) in [5, 5.41) is 12.2. The SMILES string of the molecule is Cc1c[c-](C)c(C)c1C.Cc1cc(O)c(-c2ccccc2)c([Si](C)(C)C(C)(C)C)c1.[Cl-].[Cl-].[Ti+2]=[C](c1ccccc1)c1ccccc1. The molecule has 0 aliphatic heterocycles. The molecule has 46 heavy (non-hydrogen) atoms. The standard InChI is InChI=1S/C19H26OSi.C13H10.C9H13.2ClH.Ti/c1-14-12-16(20)18(15-10-8-7-9-11-15)17(13-14)21(5,6)19(2,3)4;1-3-7-12(8-4-1)11-13-9-5-2-6-10-13;1-6-5-7(2)9(4)8(6)3;;;/h7-13,20H,1-6H3;1-10H;5H,1-4H3;2*1H;/q;;-1;;;+2/p-2. The van der Waals surface area contributed by atoms with Gasteiger partial charge in [-0.3, -0.25) is 0 Å². The second kappa shape index (κ2) is 18.1. The van der Waals surface area contributed by atoms with Gasteiger partial charge in [0.1, 0.15) is 5.75 Å². The van der Waals surface area contributed by atoms with Crippen molar-refractivity contribution in [2.45, 2.75) is 73.5 Å². The van der Waals surface area contributed by atoms with Gasteiger partial charge in [0.2, 0.25) is 0 Å². The quantitative estimate of drug-likeness (QED) is 0.216. The van der Waals surface area contributed by atoms with Gasteiger partial charge in [0, 0.05) is 5.56 Å². The van der Waals surface area contributed by atoms with E-state index in [2.05, 4.69) is 161 Å². The van der Waals surface area contributed by atoms with Gasteiger partial charge in [0.05, 0.1) is 8.07 Å². The van der Waals surface area contributed by atoms with Crippen LogP contribution in [0.3, 0.4) is 0 Å². The number of phenolic OH excluding ortho intramolecular Hbond substituents is 1. The Morgan fingerprint density at radius 2 is 1.15 bits per heavy atom. The number of aryl methyl sites for hydroxylation is 3. The van der Waals surface area contributed by atoms with Crippen molar-refractivity contribution >= 4 is 17.1 Å². The van der Waals surface area contributed by atoms with E-state index in [0.29, 0.717) is 5.75 Å². The van der Waals surface area contributed by atoms with Crippen molar-refractivity contribution < 1.29 is 49.9 Å². The molecule has 0 radical (unpaired) electrons. The molecule has 0 saturated heterocycles. The molecule has 5 aromatic carbocycles. The third kappa shape index (κ3) is 10.5. The van der Waals surface area contributed by atoms with Crippen LogP contribution in [0.25, 0.3) is 11.1 Å². The van der Waals surface area contributed by atoms with Crippen molar-refractivity contribution in [3.05, 3.63) is 148 Å². The molecule has 0 heterocycles. The molecule has 5 heteroatoms. The molecular weight excluding hydrogens is 655 g/mol. The van der Waals surface area contributed by atoms with E-state index in [0.717, 1.165) is 16.7 Å². The molecule has 0 aromatic heterocycles. The first kappa shape index (κ1) is 41.4. The Labute approximate surface area is 303 Å². The molecule has 0 unspecified atom stereocenters. The van der Waals surface area contributed by atoms with E-state index in [1.54, 1.807) is 0 Å². The summed E-state index contributed by atoms with van der Waals surface area (Å²) in [7, 11) is -1.73. The zero-order chi connectivity index (χ0) is 32.7. The number of hydrogen-bond acceptors (Lipinski definition) is 1. The Balaban J connectivity index is 0.000000366. The molecular formula is C41H49Cl2OSiTi-.